The molecule has 0 radical (unpaired) electrons. The third-order valence-electron chi connectivity index (χ3n) is 6.66. The van der Waals surface area contributed by atoms with Crippen LogP contribution >= 0.6 is 11.6 Å². The predicted octanol–water partition coefficient (Wildman–Crippen LogP) is 3.39. The molecule has 32 heavy (non-hydrogen) atoms. The molecule has 0 spiro atoms. The number of ether oxygens (including phenoxy) is 1. The summed E-state index contributed by atoms with van der Waals surface area (Å²) in [7, 11) is 1.55. The number of aromatic nitrogens is 6. The Bertz CT molecular complexity index is 1340. The van der Waals surface area contributed by atoms with Crippen LogP contribution < -0.4 is 15.4 Å². The fourth-order valence-electron chi connectivity index (χ4n) is 5.23. The number of anilines is 1. The number of nitrogens with zero attached hydrogens (tertiary/aromatic N) is 6. The Kier molecular flexibility index (Phi) is 4.44. The monoisotopic (exact) mass is 450 g/mol. The molecule has 164 valence electrons. The van der Waals surface area contributed by atoms with E-state index >= 15 is 0 Å². The molecule has 0 aliphatic carbocycles. The van der Waals surface area contributed by atoms with Crippen LogP contribution in [0, 0.1) is 6.92 Å². The molecule has 3 atom stereocenters. The van der Waals surface area contributed by atoms with E-state index in [1.807, 2.05) is 19.1 Å². The molecule has 3 N–H and O–H groups in total. The average Bonchev–Trinajstić information content (AvgIpc) is 3.31. The van der Waals surface area contributed by atoms with Crippen molar-refractivity contribution < 1.29 is 4.74 Å². The van der Waals surface area contributed by atoms with E-state index in [-0.39, 0.29) is 6.04 Å². The number of piperidine rings is 1. The van der Waals surface area contributed by atoms with Crippen molar-refractivity contribution >= 4 is 39.6 Å². The lowest BCUT2D eigenvalue weighted by Gasteiger charge is -2.39. The van der Waals surface area contributed by atoms with Crippen LogP contribution in [0.25, 0.3) is 33.5 Å². The molecule has 5 heterocycles. The van der Waals surface area contributed by atoms with Crippen LogP contribution in [0.2, 0.25) is 5.02 Å². The maximum absolute atomic E-state index is 6.74. The normalized spacial score (nSPS) is 22.8. The minimum Gasteiger partial charge on any atom is -0.480 e. The third-order valence-corrected chi connectivity index (χ3v) is 7.04. The van der Waals surface area contributed by atoms with Gasteiger partial charge in [-0.1, -0.05) is 11.6 Å². The number of halogens is 1. The average molecular weight is 451 g/mol. The summed E-state index contributed by atoms with van der Waals surface area (Å²) in [6, 6.07) is 4.90. The summed E-state index contributed by atoms with van der Waals surface area (Å²) in [5.74, 6) is 1.32. The molecule has 0 amide bonds. The van der Waals surface area contributed by atoms with Gasteiger partial charge in [-0.2, -0.15) is 5.10 Å². The van der Waals surface area contributed by atoms with Crippen LogP contribution in [-0.2, 0) is 0 Å². The second-order valence-electron chi connectivity index (χ2n) is 8.63. The van der Waals surface area contributed by atoms with Gasteiger partial charge in [0.1, 0.15) is 11.0 Å². The van der Waals surface area contributed by atoms with Gasteiger partial charge >= 0.3 is 0 Å². The molecule has 4 aromatic rings. The second kappa shape index (κ2) is 7.25. The van der Waals surface area contributed by atoms with E-state index in [1.54, 1.807) is 13.3 Å². The first-order chi connectivity index (χ1) is 15.5. The number of rotatable bonds is 3. The summed E-state index contributed by atoms with van der Waals surface area (Å²) in [5.41, 5.74) is 11.1. The van der Waals surface area contributed by atoms with Gasteiger partial charge in [0.25, 0.3) is 0 Å². The van der Waals surface area contributed by atoms with E-state index in [4.69, 9.17) is 32.0 Å². The van der Waals surface area contributed by atoms with Crippen molar-refractivity contribution in [2.24, 2.45) is 5.73 Å². The van der Waals surface area contributed by atoms with Gasteiger partial charge < -0.3 is 15.4 Å². The lowest BCUT2D eigenvalue weighted by molar-refractivity contribution is 0.397. The molecule has 2 saturated heterocycles. The van der Waals surface area contributed by atoms with Crippen molar-refractivity contribution in [3.8, 4) is 17.1 Å². The van der Waals surface area contributed by atoms with Crippen molar-refractivity contribution in [3.63, 3.8) is 0 Å². The lowest BCUT2D eigenvalue weighted by atomic mass is 9.98. The number of nitrogens with two attached hydrogens (primary N) is 1. The molecule has 2 fully saturated rings. The van der Waals surface area contributed by atoms with Crippen molar-refractivity contribution in [3.05, 3.63) is 29.0 Å². The molecule has 2 aliphatic heterocycles. The number of aromatic amines is 1. The summed E-state index contributed by atoms with van der Waals surface area (Å²) < 4.78 is 5.21. The van der Waals surface area contributed by atoms with Gasteiger partial charge in [0.15, 0.2) is 5.82 Å². The van der Waals surface area contributed by atoms with Crippen molar-refractivity contribution in [2.45, 2.75) is 50.7 Å². The second-order valence-corrected chi connectivity index (χ2v) is 9.01. The minimum absolute atomic E-state index is 0.273. The van der Waals surface area contributed by atoms with Gasteiger partial charge in [-0.05, 0) is 44.7 Å². The number of nitrogens with one attached hydrogen (secondary N) is 1. The third kappa shape index (κ3) is 2.91. The predicted molar refractivity (Wildman–Crippen MR) is 123 cm³/mol. The molecular weight excluding hydrogens is 428 g/mol. The Labute approximate surface area is 189 Å². The van der Waals surface area contributed by atoms with Crippen molar-refractivity contribution in [2.75, 3.05) is 12.0 Å². The van der Waals surface area contributed by atoms with Crippen LogP contribution in [0.1, 0.15) is 31.4 Å². The van der Waals surface area contributed by atoms with Crippen LogP contribution in [0.15, 0.2) is 18.3 Å². The summed E-state index contributed by atoms with van der Waals surface area (Å²) in [6.07, 6.45) is 5.87. The Balaban J connectivity index is 1.46. The molecule has 3 aromatic heterocycles. The van der Waals surface area contributed by atoms with Gasteiger partial charge in [-0.25, -0.2) is 19.9 Å². The van der Waals surface area contributed by atoms with Crippen LogP contribution in [-0.4, -0.2) is 55.4 Å². The molecule has 1 unspecified atom stereocenters. The molecule has 2 bridgehead atoms. The number of hydrogen-bond donors (Lipinski definition) is 2. The van der Waals surface area contributed by atoms with Crippen LogP contribution in [0.5, 0.6) is 5.88 Å². The smallest absolute Gasteiger partial charge is 0.232 e. The van der Waals surface area contributed by atoms with E-state index in [2.05, 4.69) is 25.1 Å². The zero-order valence-corrected chi connectivity index (χ0v) is 18.6. The first-order valence-corrected chi connectivity index (χ1v) is 11.2. The Morgan fingerprint density at radius 3 is 2.66 bits per heavy atom. The highest BCUT2D eigenvalue weighted by molar-refractivity contribution is 6.38. The molecule has 0 saturated carbocycles. The first kappa shape index (κ1) is 19.6. The SMILES string of the molecule is COc1cnc2ccc(-c3[nH]nc4nc(N5[C@@H]6CC[C@H]5CC(N)C6)c(C)nc34)c(Cl)c2n1. The van der Waals surface area contributed by atoms with Gasteiger partial charge in [-0.3, -0.25) is 5.10 Å². The van der Waals surface area contributed by atoms with Crippen LogP contribution in [0.3, 0.4) is 0 Å². The number of fused-ring (bicyclic) bond motifs is 4. The largest absolute Gasteiger partial charge is 0.480 e. The summed E-state index contributed by atoms with van der Waals surface area (Å²) >= 11 is 6.74. The van der Waals surface area contributed by atoms with E-state index in [9.17, 15) is 0 Å². The van der Waals surface area contributed by atoms with Gasteiger partial charge in [0, 0.05) is 23.7 Å². The number of benzene rings is 1. The number of methoxy groups -OCH3 is 1. The van der Waals surface area contributed by atoms with E-state index in [0.717, 1.165) is 42.8 Å². The highest BCUT2D eigenvalue weighted by Crippen LogP contribution is 2.40. The van der Waals surface area contributed by atoms with Crippen molar-refractivity contribution in [1.82, 2.24) is 30.1 Å². The van der Waals surface area contributed by atoms with Gasteiger partial charge in [-0.15, -0.1) is 0 Å². The summed E-state index contributed by atoms with van der Waals surface area (Å²) in [5, 5.41) is 8.02. The molecule has 6 rings (SSSR count). The van der Waals surface area contributed by atoms with Gasteiger partial charge in [0.05, 0.1) is 35.2 Å². The number of aryl methyl sites for hydroxylation is 1. The Hall–Kier alpha value is -3.04. The van der Waals surface area contributed by atoms with Gasteiger partial charge in [0.2, 0.25) is 11.5 Å². The first-order valence-electron chi connectivity index (χ1n) is 10.8. The minimum atomic E-state index is 0.273. The molecule has 10 heteroatoms. The van der Waals surface area contributed by atoms with E-state index in [0.29, 0.717) is 50.9 Å². The molecule has 2 aliphatic rings. The standard InChI is InChI=1S/C22H23ClN8O/c1-10-22(31-12-3-4-13(31)8-11(24)7-12)28-21-20(26-10)18(29-30-21)14-5-6-15-19(17(14)23)27-16(32-2)9-25-15/h5-6,9,11-13H,3-4,7-8,24H2,1-2H3,(H,28,29,30)/t11?,12-,13+. The zero-order chi connectivity index (χ0) is 22.0. The van der Waals surface area contributed by atoms with E-state index in [1.165, 1.54) is 0 Å². The quantitative estimate of drug-likeness (QED) is 0.487. The summed E-state index contributed by atoms with van der Waals surface area (Å²) in [4.78, 5) is 21.1. The molecular formula is C22H23ClN8O. The lowest BCUT2D eigenvalue weighted by Crippen LogP contribution is -2.48. The van der Waals surface area contributed by atoms with Crippen molar-refractivity contribution in [1.29, 1.82) is 0 Å². The van der Waals surface area contributed by atoms with E-state index < -0.39 is 0 Å². The topological polar surface area (TPSA) is 119 Å². The fourth-order valence-corrected chi connectivity index (χ4v) is 5.52. The highest BCUT2D eigenvalue weighted by atomic mass is 35.5. The number of H-pyrrole nitrogens is 1. The molecule has 9 nitrogen and oxygen atoms in total. The Morgan fingerprint density at radius 1 is 1.12 bits per heavy atom. The Morgan fingerprint density at radius 2 is 1.91 bits per heavy atom. The maximum atomic E-state index is 6.74. The van der Waals surface area contributed by atoms with Crippen LogP contribution in [0.4, 0.5) is 5.82 Å². The summed E-state index contributed by atoms with van der Waals surface area (Å²) in [6.45, 7) is 2.00. The fraction of sp³-hybridized carbons (Fsp3) is 0.409. The molecule has 1 aromatic carbocycles. The maximum Gasteiger partial charge on any atom is 0.232 e. The highest BCUT2D eigenvalue weighted by Gasteiger charge is 2.41. The zero-order valence-electron chi connectivity index (χ0n) is 17.8. The number of hydrogen-bond acceptors (Lipinski definition) is 8.